The minimum atomic E-state index is -0.0486. The van der Waals surface area contributed by atoms with E-state index in [2.05, 4.69) is 10.3 Å². The van der Waals surface area contributed by atoms with Crippen molar-refractivity contribution in [1.29, 1.82) is 0 Å². The van der Waals surface area contributed by atoms with Gasteiger partial charge in [0.15, 0.2) is 5.84 Å². The predicted octanol–water partition coefficient (Wildman–Crippen LogP) is 1.15. The van der Waals surface area contributed by atoms with Crippen molar-refractivity contribution in [1.82, 2.24) is 9.78 Å². The summed E-state index contributed by atoms with van der Waals surface area (Å²) in [6.07, 6.45) is 0.598. The zero-order valence-electron chi connectivity index (χ0n) is 11.9. The molecule has 7 nitrogen and oxygen atoms in total. The number of aryl methyl sites for hydroxylation is 2. The number of aliphatic hydroxyl groups excluding tert-OH is 1. The lowest BCUT2D eigenvalue weighted by Gasteiger charge is -2.08. The first-order chi connectivity index (χ1) is 10.1. The molecule has 1 aromatic carbocycles. The van der Waals surface area contributed by atoms with Gasteiger partial charge in [0.1, 0.15) is 11.3 Å². The van der Waals surface area contributed by atoms with Gasteiger partial charge in [-0.15, -0.1) is 0 Å². The van der Waals surface area contributed by atoms with Crippen LogP contribution >= 0.6 is 0 Å². The average Bonchev–Trinajstić information content (AvgIpc) is 2.75. The van der Waals surface area contributed by atoms with Gasteiger partial charge in [-0.1, -0.05) is 17.3 Å². The zero-order valence-corrected chi connectivity index (χ0v) is 11.9. The molecule has 1 heterocycles. The Labute approximate surface area is 122 Å². The van der Waals surface area contributed by atoms with E-state index in [0.717, 1.165) is 5.56 Å². The minimum absolute atomic E-state index is 0.0486. The Hall–Kier alpha value is -2.54. The molecule has 0 saturated heterocycles. The van der Waals surface area contributed by atoms with Crippen molar-refractivity contribution in [3.8, 4) is 11.6 Å². The third-order valence-electron chi connectivity index (χ3n) is 3.07. The molecule has 2 rings (SSSR count). The van der Waals surface area contributed by atoms with Crippen LogP contribution in [-0.4, -0.2) is 32.5 Å². The molecule has 7 heteroatoms. The van der Waals surface area contributed by atoms with E-state index in [9.17, 15) is 0 Å². The number of nitrogens with two attached hydrogens (primary N) is 1. The van der Waals surface area contributed by atoms with E-state index in [1.165, 1.54) is 4.68 Å². The number of rotatable bonds is 5. The number of aromatic nitrogens is 2. The summed E-state index contributed by atoms with van der Waals surface area (Å²) < 4.78 is 7.32. The largest absolute Gasteiger partial charge is 0.439 e. The van der Waals surface area contributed by atoms with Crippen molar-refractivity contribution >= 4 is 5.84 Å². The van der Waals surface area contributed by atoms with Crippen LogP contribution in [-0.2, 0) is 13.5 Å². The Kier molecular flexibility index (Phi) is 4.44. The van der Waals surface area contributed by atoms with E-state index < -0.39 is 0 Å². The average molecular weight is 290 g/mol. The number of hydrogen-bond acceptors (Lipinski definition) is 5. The Morgan fingerprint density at radius 3 is 2.62 bits per heavy atom. The summed E-state index contributed by atoms with van der Waals surface area (Å²) in [7, 11) is 1.72. The highest BCUT2D eigenvalue weighted by Crippen LogP contribution is 2.27. The van der Waals surface area contributed by atoms with Gasteiger partial charge in [-0.25, -0.2) is 4.68 Å². The Morgan fingerprint density at radius 1 is 1.38 bits per heavy atom. The van der Waals surface area contributed by atoms with E-state index in [-0.39, 0.29) is 12.4 Å². The molecule has 0 atom stereocenters. The summed E-state index contributed by atoms with van der Waals surface area (Å²) >= 11 is 0. The van der Waals surface area contributed by atoms with Crippen molar-refractivity contribution in [2.24, 2.45) is 17.9 Å². The van der Waals surface area contributed by atoms with E-state index in [0.29, 0.717) is 29.3 Å². The number of aliphatic hydroxyl groups is 1. The van der Waals surface area contributed by atoms with Gasteiger partial charge in [0.25, 0.3) is 0 Å². The molecule has 1 aromatic heterocycles. The highest BCUT2D eigenvalue weighted by atomic mass is 16.5. The molecule has 0 unspecified atom stereocenters. The number of oxime groups is 1. The number of nitrogens with zero attached hydrogens (tertiary/aromatic N) is 3. The fraction of sp³-hybridized carbons (Fsp3) is 0.286. The lowest BCUT2D eigenvalue weighted by atomic mass is 10.1. The van der Waals surface area contributed by atoms with Gasteiger partial charge in [-0.05, 0) is 31.0 Å². The maximum absolute atomic E-state index is 8.89. The van der Waals surface area contributed by atoms with Gasteiger partial charge >= 0.3 is 0 Å². The maximum atomic E-state index is 8.89. The third kappa shape index (κ3) is 3.14. The summed E-state index contributed by atoms with van der Waals surface area (Å²) in [5.74, 6) is 0.955. The topological polar surface area (TPSA) is 106 Å². The molecule has 0 saturated carbocycles. The van der Waals surface area contributed by atoms with E-state index in [1.54, 1.807) is 26.1 Å². The van der Waals surface area contributed by atoms with Crippen molar-refractivity contribution in [3.05, 3.63) is 41.1 Å². The summed E-state index contributed by atoms with van der Waals surface area (Å²) in [5, 5.41) is 25.0. The number of hydrogen-bond donors (Lipinski definition) is 3. The molecule has 0 aliphatic carbocycles. The molecule has 2 aromatic rings. The third-order valence-corrected chi connectivity index (χ3v) is 3.07. The minimum Gasteiger partial charge on any atom is -0.439 e. The molecule has 0 spiro atoms. The lowest BCUT2D eigenvalue weighted by molar-refractivity contribution is 0.299. The number of ether oxygens (including phenoxy) is 1. The SMILES string of the molecule is Cc1nn(C)c(Oc2ccc(CCO)cc2)c1/C(N)=N/O. The molecule has 0 fully saturated rings. The molecule has 0 aliphatic heterocycles. The van der Waals surface area contributed by atoms with Crippen LogP contribution in [0, 0.1) is 6.92 Å². The van der Waals surface area contributed by atoms with Crippen LogP contribution in [0.2, 0.25) is 0 Å². The van der Waals surface area contributed by atoms with Crippen molar-refractivity contribution in [3.63, 3.8) is 0 Å². The Morgan fingerprint density at radius 2 is 2.05 bits per heavy atom. The molecule has 0 amide bonds. The van der Waals surface area contributed by atoms with Crippen molar-refractivity contribution in [2.75, 3.05) is 6.61 Å². The summed E-state index contributed by atoms with van der Waals surface area (Å²) in [6, 6.07) is 7.34. The van der Waals surface area contributed by atoms with Crippen LogP contribution in [0.4, 0.5) is 0 Å². The van der Waals surface area contributed by atoms with Crippen LogP contribution in [0.3, 0.4) is 0 Å². The standard InChI is InChI=1S/C14H18N4O3/c1-9-12(13(15)17-20)14(18(2)16-9)21-11-5-3-10(4-6-11)7-8-19/h3-6,19-20H,7-8H2,1-2H3,(H2,15,17). The molecule has 21 heavy (non-hydrogen) atoms. The Bertz CT molecular complexity index is 647. The quantitative estimate of drug-likeness (QED) is 0.331. The molecule has 4 N–H and O–H groups in total. The number of amidine groups is 1. The smallest absolute Gasteiger partial charge is 0.229 e. The molecule has 112 valence electrons. The summed E-state index contributed by atoms with van der Waals surface area (Å²) in [5.41, 5.74) is 7.75. The van der Waals surface area contributed by atoms with Gasteiger partial charge in [0.2, 0.25) is 5.88 Å². The zero-order chi connectivity index (χ0) is 15.4. The Balaban J connectivity index is 2.31. The van der Waals surface area contributed by atoms with Gasteiger partial charge in [-0.2, -0.15) is 5.10 Å². The van der Waals surface area contributed by atoms with Crippen molar-refractivity contribution in [2.45, 2.75) is 13.3 Å². The highest BCUT2D eigenvalue weighted by molar-refractivity contribution is 6.00. The maximum Gasteiger partial charge on any atom is 0.229 e. The molecular formula is C14H18N4O3. The van der Waals surface area contributed by atoms with Gasteiger partial charge in [0, 0.05) is 13.7 Å². The van der Waals surface area contributed by atoms with E-state index >= 15 is 0 Å². The second kappa shape index (κ2) is 6.27. The summed E-state index contributed by atoms with van der Waals surface area (Å²) in [4.78, 5) is 0. The monoisotopic (exact) mass is 290 g/mol. The fourth-order valence-electron chi connectivity index (χ4n) is 2.06. The van der Waals surface area contributed by atoms with E-state index in [4.69, 9.17) is 20.8 Å². The van der Waals surface area contributed by atoms with Crippen LogP contribution in [0.1, 0.15) is 16.8 Å². The first-order valence-electron chi connectivity index (χ1n) is 6.46. The highest BCUT2D eigenvalue weighted by Gasteiger charge is 2.19. The second-order valence-corrected chi connectivity index (χ2v) is 4.59. The van der Waals surface area contributed by atoms with Gasteiger partial charge < -0.3 is 20.8 Å². The first-order valence-corrected chi connectivity index (χ1v) is 6.46. The van der Waals surface area contributed by atoms with E-state index in [1.807, 2.05) is 12.1 Å². The molecule has 0 radical (unpaired) electrons. The molecular weight excluding hydrogens is 272 g/mol. The van der Waals surface area contributed by atoms with Crippen LogP contribution in [0.25, 0.3) is 0 Å². The summed E-state index contributed by atoms with van der Waals surface area (Å²) in [6.45, 7) is 1.86. The van der Waals surface area contributed by atoms with Gasteiger partial charge in [-0.3, -0.25) is 0 Å². The number of benzene rings is 1. The lowest BCUT2D eigenvalue weighted by Crippen LogP contribution is -2.15. The second-order valence-electron chi connectivity index (χ2n) is 4.59. The predicted molar refractivity (Wildman–Crippen MR) is 77.8 cm³/mol. The van der Waals surface area contributed by atoms with Crippen molar-refractivity contribution < 1.29 is 15.1 Å². The van der Waals surface area contributed by atoms with Crippen LogP contribution in [0.15, 0.2) is 29.4 Å². The van der Waals surface area contributed by atoms with Gasteiger partial charge in [0.05, 0.1) is 5.69 Å². The fourth-order valence-corrected chi connectivity index (χ4v) is 2.06. The normalized spacial score (nSPS) is 11.7. The molecule has 0 aliphatic rings. The first kappa shape index (κ1) is 14.9. The van der Waals surface area contributed by atoms with Crippen LogP contribution < -0.4 is 10.5 Å². The molecule has 0 bridgehead atoms. The van der Waals surface area contributed by atoms with Crippen LogP contribution in [0.5, 0.6) is 11.6 Å².